The van der Waals surface area contributed by atoms with Crippen LogP contribution in [-0.4, -0.2) is 25.0 Å². The van der Waals surface area contributed by atoms with Gasteiger partial charge in [0, 0.05) is 5.56 Å². The van der Waals surface area contributed by atoms with E-state index in [9.17, 15) is 0 Å². The van der Waals surface area contributed by atoms with Crippen molar-refractivity contribution >= 4 is 0 Å². The lowest BCUT2D eigenvalue weighted by molar-refractivity contribution is -0.903. The predicted molar refractivity (Wildman–Crippen MR) is 99.0 cm³/mol. The van der Waals surface area contributed by atoms with E-state index in [4.69, 9.17) is 8.22 Å². The molecule has 0 heterocycles. The van der Waals surface area contributed by atoms with Crippen molar-refractivity contribution in [3.05, 3.63) is 35.9 Å². The van der Waals surface area contributed by atoms with Gasteiger partial charge in [0.25, 0.3) is 0 Å². The molecular weight excluding hydrogens is 266 g/mol. The molecule has 0 aliphatic carbocycles. The minimum Gasteiger partial charge on any atom is -0.325 e. The number of hydrogen-bond donors (Lipinski definition) is 0. The first kappa shape index (κ1) is 11.7. The van der Waals surface area contributed by atoms with E-state index in [0.29, 0.717) is 6.42 Å². The molecule has 0 saturated heterocycles. The van der Waals surface area contributed by atoms with Gasteiger partial charge in [-0.15, -0.1) is 0 Å². The Labute approximate surface area is 147 Å². The maximum Gasteiger partial charge on any atom is 0.104 e. The zero-order valence-electron chi connectivity index (χ0n) is 20.3. The second-order valence-electron chi connectivity index (χ2n) is 6.52. The van der Waals surface area contributed by atoms with E-state index in [2.05, 4.69) is 6.92 Å². The third-order valence-electron chi connectivity index (χ3n) is 4.19. The van der Waals surface area contributed by atoms with Gasteiger partial charge in [-0.3, -0.25) is 0 Å². The van der Waals surface area contributed by atoms with Gasteiger partial charge in [-0.2, -0.15) is 0 Å². The molecule has 22 heavy (non-hydrogen) atoms. The first-order valence-electron chi connectivity index (χ1n) is 12.1. The summed E-state index contributed by atoms with van der Waals surface area (Å²) in [6.45, 7) is -2.79. The summed E-state index contributed by atoms with van der Waals surface area (Å²) >= 11 is 0. The van der Waals surface area contributed by atoms with Crippen molar-refractivity contribution in [1.82, 2.24) is 0 Å². The van der Waals surface area contributed by atoms with Gasteiger partial charge < -0.3 is 4.48 Å². The van der Waals surface area contributed by atoms with Gasteiger partial charge in [-0.05, 0) is 12.8 Å². The van der Waals surface area contributed by atoms with Crippen LogP contribution < -0.4 is 0 Å². The van der Waals surface area contributed by atoms with E-state index in [0.717, 1.165) is 24.8 Å². The number of unbranched alkanes of at least 4 members (excludes halogenated alkanes) is 9. The van der Waals surface area contributed by atoms with Gasteiger partial charge >= 0.3 is 0 Å². The summed E-state index contributed by atoms with van der Waals surface area (Å²) in [7, 11) is 0. The van der Waals surface area contributed by atoms with Gasteiger partial charge in [0.2, 0.25) is 0 Å². The van der Waals surface area contributed by atoms with Gasteiger partial charge in [-0.1, -0.05) is 88.6 Å². The molecule has 1 rings (SSSR count). The van der Waals surface area contributed by atoms with Crippen molar-refractivity contribution in [2.45, 2.75) is 77.7 Å². The molecule has 0 spiro atoms. The molecular formula is C21H38N+. The van der Waals surface area contributed by atoms with E-state index in [1.165, 1.54) is 38.5 Å². The van der Waals surface area contributed by atoms with Crippen LogP contribution >= 0.6 is 0 Å². The van der Waals surface area contributed by atoms with Crippen molar-refractivity contribution < 1.29 is 12.7 Å². The Balaban J connectivity index is 2.59. The largest absolute Gasteiger partial charge is 0.325 e. The molecule has 0 saturated carbocycles. The Morgan fingerprint density at radius 1 is 0.773 bits per heavy atom. The Morgan fingerprint density at radius 3 is 1.86 bits per heavy atom. The van der Waals surface area contributed by atoms with Crippen molar-refractivity contribution in [2.24, 2.45) is 0 Å². The molecule has 0 aliphatic rings. The summed E-state index contributed by atoms with van der Waals surface area (Å²) in [6, 6.07) is 9.12. The van der Waals surface area contributed by atoms with Crippen LogP contribution in [0.25, 0.3) is 0 Å². The lowest BCUT2D eigenvalue weighted by atomic mass is 10.1. The fourth-order valence-corrected chi connectivity index (χ4v) is 2.84. The van der Waals surface area contributed by atoms with Crippen molar-refractivity contribution in [3.63, 3.8) is 0 Å². The average molecular weight is 311 g/mol. The van der Waals surface area contributed by atoms with Crippen LogP contribution in [0.2, 0.25) is 0 Å². The predicted octanol–water partition coefficient (Wildman–Crippen LogP) is 6.18. The van der Waals surface area contributed by atoms with Gasteiger partial charge in [0.05, 0.1) is 28.7 Å². The maximum absolute atomic E-state index is 8.01. The highest BCUT2D eigenvalue weighted by molar-refractivity contribution is 5.13. The minimum atomic E-state index is -2.58. The Hall–Kier alpha value is -0.820. The first-order chi connectivity index (χ1) is 13.1. The molecule has 0 atom stereocenters. The first-order valence-corrected chi connectivity index (χ1v) is 9.05. The minimum absolute atomic E-state index is 0.00523. The van der Waals surface area contributed by atoms with Crippen LogP contribution in [-0.2, 0) is 6.54 Å². The average Bonchev–Trinajstić information content (AvgIpc) is 2.61. The van der Waals surface area contributed by atoms with Crippen LogP contribution in [0.5, 0.6) is 0 Å². The highest BCUT2D eigenvalue weighted by Crippen LogP contribution is 2.13. The molecule has 1 heteroatoms. The summed E-state index contributed by atoms with van der Waals surface area (Å²) in [4.78, 5) is 0. The van der Waals surface area contributed by atoms with Crippen LogP contribution in [0.1, 0.15) is 84.9 Å². The third kappa shape index (κ3) is 10.00. The zero-order valence-corrected chi connectivity index (χ0v) is 14.3. The van der Waals surface area contributed by atoms with Crippen LogP contribution in [0, 0.1) is 0 Å². The number of hydrogen-bond acceptors (Lipinski definition) is 0. The lowest BCUT2D eigenvalue weighted by Crippen LogP contribution is -2.39. The van der Waals surface area contributed by atoms with Crippen molar-refractivity contribution in [1.29, 1.82) is 0 Å². The third-order valence-corrected chi connectivity index (χ3v) is 4.19. The van der Waals surface area contributed by atoms with E-state index in [-0.39, 0.29) is 13.1 Å². The van der Waals surface area contributed by atoms with Gasteiger partial charge in [0.15, 0.2) is 0 Å². The zero-order chi connectivity index (χ0) is 21.1. The molecule has 0 aliphatic heterocycles. The number of rotatable bonds is 13. The molecule has 0 unspecified atom stereocenters. The molecule has 1 aromatic carbocycles. The second-order valence-corrected chi connectivity index (χ2v) is 6.52. The quantitative estimate of drug-likeness (QED) is 0.301. The topological polar surface area (TPSA) is 0 Å². The number of nitrogens with zero attached hydrogens (tertiary/aromatic N) is 1. The molecule has 0 aromatic heterocycles. The Morgan fingerprint density at radius 2 is 1.32 bits per heavy atom. The fourth-order valence-electron chi connectivity index (χ4n) is 2.84. The van der Waals surface area contributed by atoms with Gasteiger partial charge in [0.1, 0.15) is 6.54 Å². The summed E-state index contributed by atoms with van der Waals surface area (Å²) in [6.07, 6.45) is 11.4. The van der Waals surface area contributed by atoms with Crippen LogP contribution in [0.15, 0.2) is 30.3 Å². The second kappa shape index (κ2) is 11.7. The summed E-state index contributed by atoms with van der Waals surface area (Å²) in [5.74, 6) is 0. The standard InChI is InChI=1S/C21H38N/c1-4-5-6-7-8-9-10-11-12-16-19-22(2,3)20-21-17-14-13-15-18-21/h13-15,17-18H,4-12,16,19-20H2,1-3H3/q+1/i2D3,3D3. The molecule has 0 bridgehead atoms. The maximum atomic E-state index is 8.01. The summed E-state index contributed by atoms with van der Waals surface area (Å²) in [5.41, 5.74) is 0.752. The van der Waals surface area contributed by atoms with Crippen molar-refractivity contribution in [3.8, 4) is 0 Å². The number of benzene rings is 1. The molecule has 0 N–H and O–H groups in total. The summed E-state index contributed by atoms with van der Waals surface area (Å²) in [5, 5.41) is 0. The highest BCUT2D eigenvalue weighted by Gasteiger charge is 2.14. The molecule has 126 valence electrons. The molecule has 1 aromatic rings. The SMILES string of the molecule is [2H]C([2H])([2H])[N+](CCCCCCCCCCCC)(Cc1ccccc1)C([2H])([2H])[2H]. The Kier molecular flexibility index (Phi) is 6.21. The summed E-state index contributed by atoms with van der Waals surface area (Å²) < 4.78 is 47.2. The van der Waals surface area contributed by atoms with Gasteiger partial charge in [-0.25, -0.2) is 0 Å². The molecule has 0 amide bonds. The fraction of sp³-hybridized carbons (Fsp3) is 0.714. The molecule has 1 nitrogen and oxygen atoms in total. The van der Waals surface area contributed by atoms with E-state index < -0.39 is 18.4 Å². The van der Waals surface area contributed by atoms with Crippen LogP contribution in [0.4, 0.5) is 0 Å². The lowest BCUT2D eigenvalue weighted by Gasteiger charge is -2.30. The van der Waals surface area contributed by atoms with E-state index in [1.54, 1.807) is 0 Å². The van der Waals surface area contributed by atoms with Crippen molar-refractivity contribution in [2.75, 3.05) is 20.5 Å². The normalized spacial score (nSPS) is 17.0. The smallest absolute Gasteiger partial charge is 0.104 e. The molecule has 0 fully saturated rings. The van der Waals surface area contributed by atoms with E-state index in [1.807, 2.05) is 30.3 Å². The van der Waals surface area contributed by atoms with Crippen LogP contribution in [0.3, 0.4) is 0 Å². The monoisotopic (exact) mass is 310 g/mol. The highest BCUT2D eigenvalue weighted by atomic mass is 15.3. The molecule has 0 radical (unpaired) electrons. The number of quaternary nitrogens is 1. The van der Waals surface area contributed by atoms with E-state index >= 15 is 0 Å². The Bertz CT molecular complexity index is 510.